The summed E-state index contributed by atoms with van der Waals surface area (Å²) in [7, 11) is -3.54. The Labute approximate surface area is 115 Å². The Hall–Kier alpha value is -1.35. The van der Waals surface area contributed by atoms with E-state index >= 15 is 0 Å². The van der Waals surface area contributed by atoms with Crippen LogP contribution in [0.5, 0.6) is 0 Å². The lowest BCUT2D eigenvalue weighted by Crippen LogP contribution is -2.32. The Kier molecular flexibility index (Phi) is 6.03. The van der Waals surface area contributed by atoms with Crippen LogP contribution in [0.15, 0.2) is 29.2 Å². The van der Waals surface area contributed by atoms with Crippen molar-refractivity contribution in [1.29, 1.82) is 0 Å². The predicted octanol–water partition coefficient (Wildman–Crippen LogP) is 1.46. The summed E-state index contributed by atoms with van der Waals surface area (Å²) >= 11 is 0. The van der Waals surface area contributed by atoms with Crippen LogP contribution in [0.1, 0.15) is 32.3 Å². The van der Waals surface area contributed by atoms with Gasteiger partial charge in [-0.05, 0) is 25.5 Å². The monoisotopic (exact) mass is 280 g/mol. The van der Waals surface area contributed by atoms with Gasteiger partial charge in [0, 0.05) is 11.6 Å². The second-order valence-electron chi connectivity index (χ2n) is 4.31. The highest BCUT2D eigenvalue weighted by atomic mass is 32.2. The number of benzene rings is 1. The molecule has 0 fully saturated rings. The molecule has 1 atom stereocenters. The quantitative estimate of drug-likeness (QED) is 0.802. The average molecular weight is 280 g/mol. The number of nitrogens with one attached hydrogen (secondary N) is 1. The Morgan fingerprint density at radius 3 is 2.68 bits per heavy atom. The molecule has 0 amide bonds. The molecule has 0 spiro atoms. The molecule has 0 aliphatic carbocycles. The maximum Gasteiger partial charge on any atom is 0.242 e. The summed E-state index contributed by atoms with van der Waals surface area (Å²) in [4.78, 5) is 0.207. The maximum absolute atomic E-state index is 12.3. The van der Waals surface area contributed by atoms with E-state index in [-0.39, 0.29) is 17.5 Å². The topological polar surface area (TPSA) is 72.2 Å². The smallest absolute Gasteiger partial charge is 0.242 e. The highest BCUT2D eigenvalue weighted by molar-refractivity contribution is 7.89. The second-order valence-corrected chi connectivity index (χ2v) is 6.00. The van der Waals surface area contributed by atoms with Crippen LogP contribution in [0.2, 0.25) is 0 Å². The highest BCUT2D eigenvalue weighted by Crippen LogP contribution is 2.15. The zero-order valence-corrected chi connectivity index (χ0v) is 12.1. The van der Waals surface area contributed by atoms with Crippen molar-refractivity contribution in [3.05, 3.63) is 29.8 Å². The predicted molar refractivity (Wildman–Crippen MR) is 77.1 cm³/mol. The van der Waals surface area contributed by atoms with Crippen molar-refractivity contribution in [3.63, 3.8) is 0 Å². The molecular formula is C14H20N2O2S. The summed E-state index contributed by atoms with van der Waals surface area (Å²) in [5.41, 5.74) is 5.79. The lowest BCUT2D eigenvalue weighted by Gasteiger charge is -2.14. The summed E-state index contributed by atoms with van der Waals surface area (Å²) in [6.07, 6.45) is 1.73. The summed E-state index contributed by atoms with van der Waals surface area (Å²) in [5, 5.41) is 0. The fraction of sp³-hybridized carbons (Fsp3) is 0.429. The number of rotatable bonds is 5. The first-order valence-electron chi connectivity index (χ1n) is 6.31. The SMILES string of the molecule is CCCC(C)NS(=O)(=O)c1ccccc1C#CCN. The Morgan fingerprint density at radius 1 is 1.37 bits per heavy atom. The molecule has 3 N–H and O–H groups in total. The molecule has 19 heavy (non-hydrogen) atoms. The molecule has 104 valence electrons. The Morgan fingerprint density at radius 2 is 2.05 bits per heavy atom. The van der Waals surface area contributed by atoms with Gasteiger partial charge in [0.2, 0.25) is 10.0 Å². The molecule has 0 heterocycles. The van der Waals surface area contributed by atoms with Crippen molar-refractivity contribution in [1.82, 2.24) is 4.72 Å². The van der Waals surface area contributed by atoms with E-state index in [1.807, 2.05) is 13.8 Å². The maximum atomic E-state index is 12.3. The Bertz CT molecular complexity index is 571. The molecule has 0 aliphatic rings. The minimum atomic E-state index is -3.54. The van der Waals surface area contributed by atoms with Crippen molar-refractivity contribution in [3.8, 4) is 11.8 Å². The second kappa shape index (κ2) is 7.29. The van der Waals surface area contributed by atoms with Gasteiger partial charge < -0.3 is 5.73 Å². The molecule has 0 saturated carbocycles. The van der Waals surface area contributed by atoms with Gasteiger partial charge in [0.15, 0.2) is 0 Å². The van der Waals surface area contributed by atoms with Gasteiger partial charge in [0.25, 0.3) is 0 Å². The van der Waals surface area contributed by atoms with E-state index in [1.54, 1.807) is 24.3 Å². The average Bonchev–Trinajstić information content (AvgIpc) is 2.36. The molecule has 1 unspecified atom stereocenters. The fourth-order valence-electron chi connectivity index (χ4n) is 1.77. The Balaban J connectivity index is 3.07. The molecule has 0 saturated heterocycles. The van der Waals surface area contributed by atoms with Crippen LogP contribution < -0.4 is 10.5 Å². The molecule has 1 rings (SSSR count). The third-order valence-corrected chi connectivity index (χ3v) is 4.23. The molecule has 0 bridgehead atoms. The molecule has 0 aliphatic heterocycles. The van der Waals surface area contributed by atoms with E-state index in [2.05, 4.69) is 16.6 Å². The van der Waals surface area contributed by atoms with Crippen LogP contribution in [0.4, 0.5) is 0 Å². The van der Waals surface area contributed by atoms with E-state index in [0.717, 1.165) is 12.8 Å². The lowest BCUT2D eigenvalue weighted by atomic mass is 10.2. The van der Waals surface area contributed by atoms with E-state index in [9.17, 15) is 8.42 Å². The fourth-order valence-corrected chi connectivity index (χ4v) is 3.21. The van der Waals surface area contributed by atoms with Crippen molar-refractivity contribution >= 4 is 10.0 Å². The van der Waals surface area contributed by atoms with Crippen LogP contribution in [0.3, 0.4) is 0 Å². The number of sulfonamides is 1. The van der Waals surface area contributed by atoms with Crippen LogP contribution in [-0.4, -0.2) is 21.0 Å². The van der Waals surface area contributed by atoms with Gasteiger partial charge in [-0.2, -0.15) is 0 Å². The van der Waals surface area contributed by atoms with Crippen LogP contribution >= 0.6 is 0 Å². The molecule has 1 aromatic rings. The van der Waals surface area contributed by atoms with Crippen LogP contribution in [-0.2, 0) is 10.0 Å². The molecule has 1 aromatic carbocycles. The molecule has 5 heteroatoms. The summed E-state index contributed by atoms with van der Waals surface area (Å²) in [6.45, 7) is 4.08. The van der Waals surface area contributed by atoms with Gasteiger partial charge in [-0.25, -0.2) is 13.1 Å². The molecule has 4 nitrogen and oxygen atoms in total. The summed E-state index contributed by atoms with van der Waals surface area (Å²) in [6, 6.07) is 6.59. The van der Waals surface area contributed by atoms with Gasteiger partial charge in [-0.1, -0.05) is 37.3 Å². The molecule has 0 aromatic heterocycles. The lowest BCUT2D eigenvalue weighted by molar-refractivity contribution is 0.544. The summed E-state index contributed by atoms with van der Waals surface area (Å²) in [5.74, 6) is 5.47. The van der Waals surface area contributed by atoms with E-state index < -0.39 is 10.0 Å². The van der Waals surface area contributed by atoms with E-state index in [4.69, 9.17) is 5.73 Å². The minimum Gasteiger partial charge on any atom is -0.320 e. The molecule has 0 radical (unpaired) electrons. The van der Waals surface area contributed by atoms with E-state index in [0.29, 0.717) is 5.56 Å². The zero-order chi connectivity index (χ0) is 14.3. The van der Waals surface area contributed by atoms with Gasteiger partial charge in [0.1, 0.15) is 0 Å². The highest BCUT2D eigenvalue weighted by Gasteiger charge is 2.19. The summed E-state index contributed by atoms with van der Waals surface area (Å²) < 4.78 is 27.2. The third kappa shape index (κ3) is 4.67. The molecular weight excluding hydrogens is 260 g/mol. The first-order valence-corrected chi connectivity index (χ1v) is 7.80. The van der Waals surface area contributed by atoms with Crippen LogP contribution in [0, 0.1) is 11.8 Å². The van der Waals surface area contributed by atoms with Gasteiger partial charge in [-0.3, -0.25) is 0 Å². The van der Waals surface area contributed by atoms with Crippen molar-refractivity contribution in [2.24, 2.45) is 5.73 Å². The minimum absolute atomic E-state index is 0.0921. The van der Waals surface area contributed by atoms with E-state index in [1.165, 1.54) is 0 Å². The van der Waals surface area contributed by atoms with Crippen molar-refractivity contribution in [2.75, 3.05) is 6.54 Å². The van der Waals surface area contributed by atoms with Gasteiger partial charge in [-0.15, -0.1) is 0 Å². The first-order chi connectivity index (χ1) is 9.01. The van der Waals surface area contributed by atoms with Crippen molar-refractivity contribution in [2.45, 2.75) is 37.6 Å². The van der Waals surface area contributed by atoms with Gasteiger partial charge >= 0.3 is 0 Å². The normalized spacial score (nSPS) is 12.6. The number of nitrogens with two attached hydrogens (primary N) is 1. The van der Waals surface area contributed by atoms with Crippen LogP contribution in [0.25, 0.3) is 0 Å². The largest absolute Gasteiger partial charge is 0.320 e. The number of hydrogen-bond donors (Lipinski definition) is 2. The van der Waals surface area contributed by atoms with Crippen molar-refractivity contribution < 1.29 is 8.42 Å². The zero-order valence-electron chi connectivity index (χ0n) is 11.3. The first kappa shape index (κ1) is 15.7. The third-order valence-electron chi connectivity index (χ3n) is 2.58. The standard InChI is InChI=1S/C14H20N2O2S/c1-3-7-12(2)16-19(17,18)14-10-5-4-8-13(14)9-6-11-15/h4-5,8,10,12,16H,3,7,11,15H2,1-2H3. The van der Waals surface area contributed by atoms with Gasteiger partial charge in [0.05, 0.1) is 11.4 Å². The number of hydrogen-bond acceptors (Lipinski definition) is 3.